The molecule has 0 bridgehead atoms. The van der Waals surface area contributed by atoms with Crippen LogP contribution in [0.3, 0.4) is 0 Å². The Morgan fingerprint density at radius 3 is 2.50 bits per heavy atom. The van der Waals surface area contributed by atoms with Crippen LogP contribution in [0, 0.1) is 23.7 Å². The number of rotatable bonds is 13. The van der Waals surface area contributed by atoms with Crippen molar-refractivity contribution in [3.63, 3.8) is 0 Å². The molecular weight excluding hydrogens is 504 g/mol. The second-order valence-electron chi connectivity index (χ2n) is 10.9. The lowest BCUT2D eigenvalue weighted by atomic mass is 9.81. The number of carbonyl (C=O) groups is 3. The van der Waals surface area contributed by atoms with E-state index in [-0.39, 0.29) is 34.7 Å². The van der Waals surface area contributed by atoms with Crippen molar-refractivity contribution in [2.75, 3.05) is 6.61 Å². The summed E-state index contributed by atoms with van der Waals surface area (Å²) < 4.78 is 5.59. The maximum absolute atomic E-state index is 13.7. The molecule has 210 valence electrons. The van der Waals surface area contributed by atoms with Crippen molar-refractivity contribution in [1.82, 2.24) is 21.2 Å². The van der Waals surface area contributed by atoms with Crippen molar-refractivity contribution in [2.24, 2.45) is 23.7 Å². The summed E-state index contributed by atoms with van der Waals surface area (Å²) in [4.78, 5) is 45.3. The van der Waals surface area contributed by atoms with Gasteiger partial charge in [0.2, 0.25) is 11.8 Å². The second-order valence-corrected chi connectivity index (χ2v) is 11.3. The van der Waals surface area contributed by atoms with E-state index in [1.54, 1.807) is 0 Å². The van der Waals surface area contributed by atoms with Crippen molar-refractivity contribution in [3.05, 3.63) is 35.9 Å². The number of carbonyl (C=O) groups excluding carboxylic acids is 3. The molecule has 2 heterocycles. The van der Waals surface area contributed by atoms with E-state index < -0.39 is 24.2 Å². The second kappa shape index (κ2) is 14.6. The van der Waals surface area contributed by atoms with Gasteiger partial charge in [-0.2, -0.15) is 0 Å². The molecule has 10 heteroatoms. The van der Waals surface area contributed by atoms with Crippen LogP contribution in [0.15, 0.2) is 30.3 Å². The third kappa shape index (κ3) is 8.47. The minimum Gasteiger partial charge on any atom is -0.350 e. The van der Waals surface area contributed by atoms with E-state index in [0.717, 1.165) is 25.7 Å². The number of hydrazine groups is 1. The molecule has 9 nitrogen and oxygen atoms in total. The van der Waals surface area contributed by atoms with Crippen LogP contribution in [-0.4, -0.2) is 46.8 Å². The zero-order chi connectivity index (χ0) is 27.7. The van der Waals surface area contributed by atoms with Crippen molar-refractivity contribution in [3.8, 4) is 0 Å². The fourth-order valence-electron chi connectivity index (χ4n) is 5.06. The topological polar surface area (TPSA) is 109 Å². The van der Waals surface area contributed by atoms with Gasteiger partial charge in [0.15, 0.2) is 11.4 Å². The van der Waals surface area contributed by atoms with Gasteiger partial charge in [-0.1, -0.05) is 58.0 Å². The summed E-state index contributed by atoms with van der Waals surface area (Å²) in [5.74, 6) is -2.13. The number of benzene rings is 1. The zero-order valence-electron chi connectivity index (χ0n) is 22.9. The number of ether oxygens (including phenoxy) is 1. The quantitative estimate of drug-likeness (QED) is 0.256. The molecule has 38 heavy (non-hydrogen) atoms. The van der Waals surface area contributed by atoms with Crippen molar-refractivity contribution >= 4 is 35.1 Å². The third-order valence-corrected chi connectivity index (χ3v) is 7.29. The highest BCUT2D eigenvalue weighted by Gasteiger charge is 2.42. The van der Waals surface area contributed by atoms with Crippen LogP contribution in [-0.2, 0) is 30.4 Å². The molecule has 2 aliphatic rings. The van der Waals surface area contributed by atoms with E-state index in [4.69, 9.17) is 21.8 Å². The normalized spacial score (nSPS) is 21.4. The predicted molar refractivity (Wildman–Crippen MR) is 148 cm³/mol. The van der Waals surface area contributed by atoms with Gasteiger partial charge >= 0.3 is 0 Å². The monoisotopic (exact) mass is 546 g/mol. The Balaban J connectivity index is 1.77. The number of amides is 3. The molecule has 0 aliphatic carbocycles. The van der Waals surface area contributed by atoms with Crippen LogP contribution in [0.1, 0.15) is 71.8 Å². The molecule has 2 saturated heterocycles. The smallest absolute Gasteiger partial charge is 0.251 e. The summed E-state index contributed by atoms with van der Waals surface area (Å²) in [6, 6.07) is 9.46. The lowest BCUT2D eigenvalue weighted by molar-refractivity contribution is -0.203. The number of hydroxylamine groups is 1. The average molecular weight is 547 g/mol. The van der Waals surface area contributed by atoms with E-state index in [9.17, 15) is 14.4 Å². The number of nitrogens with one attached hydrogen (secondary N) is 3. The van der Waals surface area contributed by atoms with Crippen LogP contribution in [0.2, 0.25) is 0 Å². The van der Waals surface area contributed by atoms with Gasteiger partial charge in [0.1, 0.15) is 6.04 Å². The Morgan fingerprint density at radius 2 is 1.87 bits per heavy atom. The molecule has 4 atom stereocenters. The summed E-state index contributed by atoms with van der Waals surface area (Å²) in [6.07, 6.45) is 4.66. The fourth-order valence-corrected chi connectivity index (χ4v) is 5.32. The first kappa shape index (κ1) is 30.0. The lowest BCUT2D eigenvalue weighted by Crippen LogP contribution is -2.54. The molecule has 1 aromatic rings. The Labute approximate surface area is 231 Å². The van der Waals surface area contributed by atoms with E-state index in [1.165, 1.54) is 10.6 Å². The van der Waals surface area contributed by atoms with Gasteiger partial charge in [0.05, 0.1) is 11.8 Å². The number of aryl methyl sites for hydroxylation is 1. The molecule has 1 unspecified atom stereocenters. The van der Waals surface area contributed by atoms with Crippen LogP contribution < -0.4 is 16.2 Å². The minimum absolute atomic E-state index is 0.0758. The molecule has 0 aromatic heterocycles. The molecule has 0 radical (unpaired) electrons. The number of thiocarbonyl (C=S) groups is 1. The van der Waals surface area contributed by atoms with Crippen LogP contribution in [0.4, 0.5) is 0 Å². The molecule has 0 saturated carbocycles. The van der Waals surface area contributed by atoms with Gasteiger partial charge in [-0.25, -0.2) is 15.3 Å². The van der Waals surface area contributed by atoms with Gasteiger partial charge < -0.3 is 4.74 Å². The van der Waals surface area contributed by atoms with Crippen LogP contribution in [0.25, 0.3) is 0 Å². The molecule has 0 spiro atoms. The first-order chi connectivity index (χ1) is 18.2. The summed E-state index contributed by atoms with van der Waals surface area (Å²) in [5.41, 5.74) is 6.64. The highest BCUT2D eigenvalue weighted by Crippen LogP contribution is 2.28. The predicted octanol–water partition coefficient (Wildman–Crippen LogP) is 3.63. The van der Waals surface area contributed by atoms with Crippen molar-refractivity contribution in [1.29, 1.82) is 0 Å². The Bertz CT molecular complexity index is 952. The molecular formula is C28H42N4O5S. The molecule has 2 aliphatic heterocycles. The average Bonchev–Trinajstić information content (AvgIpc) is 3.17. The van der Waals surface area contributed by atoms with Gasteiger partial charge in [0.25, 0.3) is 5.91 Å². The highest BCUT2D eigenvalue weighted by atomic mass is 32.1. The number of hydrogen-bond donors (Lipinski definition) is 3. The van der Waals surface area contributed by atoms with Crippen molar-refractivity contribution in [2.45, 2.75) is 85.0 Å². The highest BCUT2D eigenvalue weighted by molar-refractivity contribution is 7.80. The van der Waals surface area contributed by atoms with Crippen LogP contribution >= 0.6 is 12.2 Å². The van der Waals surface area contributed by atoms with Gasteiger partial charge in [-0.15, -0.1) is 0 Å². The summed E-state index contributed by atoms with van der Waals surface area (Å²) in [6.45, 7) is 8.43. The van der Waals surface area contributed by atoms with E-state index in [0.29, 0.717) is 25.9 Å². The Hall–Kier alpha value is -2.56. The van der Waals surface area contributed by atoms with Crippen LogP contribution in [0.5, 0.6) is 0 Å². The largest absolute Gasteiger partial charge is 0.350 e. The Kier molecular flexibility index (Phi) is 11.5. The maximum Gasteiger partial charge on any atom is 0.251 e. The van der Waals surface area contributed by atoms with E-state index >= 15 is 0 Å². The lowest BCUT2D eigenvalue weighted by Gasteiger charge is -2.32. The first-order valence-corrected chi connectivity index (χ1v) is 14.1. The molecule has 3 N–H and O–H groups in total. The van der Waals surface area contributed by atoms with Crippen molar-refractivity contribution < 1.29 is 24.0 Å². The third-order valence-electron chi connectivity index (χ3n) is 6.99. The molecule has 3 rings (SSSR count). The SMILES string of the molecule is CC(C)C[C@@H](C(=O)NN1C(=S)NC(=O)[C@@H]1C(C)C)[C@H](CCCc1ccccc1)C(=O)NOC1CCCCO1. The zero-order valence-corrected chi connectivity index (χ0v) is 23.7. The number of nitrogens with zero attached hydrogens (tertiary/aromatic N) is 1. The van der Waals surface area contributed by atoms with Gasteiger partial charge in [-0.05, 0) is 68.1 Å². The van der Waals surface area contributed by atoms with Gasteiger partial charge in [0, 0.05) is 13.0 Å². The first-order valence-electron chi connectivity index (χ1n) is 13.7. The Morgan fingerprint density at radius 1 is 1.13 bits per heavy atom. The molecule has 1 aromatic carbocycles. The fraction of sp³-hybridized carbons (Fsp3) is 0.643. The molecule has 2 fully saturated rings. The summed E-state index contributed by atoms with van der Waals surface area (Å²) >= 11 is 5.33. The minimum atomic E-state index is -0.645. The standard InChI is InChI=1S/C28H42N4O5S/c1-18(2)17-22(25(33)30-32-24(19(3)4)27(35)29-28(32)38)21(14-10-13-20-11-6-5-7-12-20)26(34)31-37-23-15-8-9-16-36-23/h5-7,11-12,18-19,21-24H,8-10,13-17H2,1-4H3,(H,30,33)(H,31,34)(H,29,35,38)/t21-,22+,23?,24-/m0/s1. The summed E-state index contributed by atoms with van der Waals surface area (Å²) in [5, 5.41) is 4.23. The summed E-state index contributed by atoms with van der Waals surface area (Å²) in [7, 11) is 0. The maximum atomic E-state index is 13.7. The van der Waals surface area contributed by atoms with Gasteiger partial charge in [-0.3, -0.25) is 25.1 Å². The van der Waals surface area contributed by atoms with E-state index in [2.05, 4.69) is 28.4 Å². The molecule has 3 amide bonds. The number of hydrogen-bond acceptors (Lipinski definition) is 6. The van der Waals surface area contributed by atoms with E-state index in [1.807, 2.05) is 45.9 Å².